The molecule has 0 aliphatic carbocycles. The summed E-state index contributed by atoms with van der Waals surface area (Å²) in [5, 5.41) is 12.6. The van der Waals surface area contributed by atoms with Crippen LogP contribution >= 0.6 is 0 Å². The van der Waals surface area contributed by atoms with E-state index < -0.39 is 29.6 Å². The van der Waals surface area contributed by atoms with Crippen LogP contribution in [0.1, 0.15) is 10.6 Å². The maximum Gasteiger partial charge on any atom is 0.471 e. The molecule has 2 N–H and O–H groups in total. The number of halogens is 3. The highest BCUT2D eigenvalue weighted by Crippen LogP contribution is 2.18. The van der Waals surface area contributed by atoms with E-state index in [1.807, 2.05) is 0 Å². The van der Waals surface area contributed by atoms with E-state index in [4.69, 9.17) is 5.11 Å². The zero-order valence-corrected chi connectivity index (χ0v) is 6.83. The number of rotatable bonds is 2. The molecule has 0 spiro atoms. The van der Waals surface area contributed by atoms with Crippen molar-refractivity contribution in [2.75, 3.05) is 5.32 Å². The van der Waals surface area contributed by atoms with E-state index in [2.05, 4.69) is 9.68 Å². The number of aromatic nitrogens is 1. The summed E-state index contributed by atoms with van der Waals surface area (Å²) < 4.78 is 39.2. The van der Waals surface area contributed by atoms with Gasteiger partial charge in [-0.05, 0) is 0 Å². The maximum atomic E-state index is 11.7. The standard InChI is InChI=1S/C6H3F3N2O4/c7-6(8,9)5(14)10-3-1-2(4(12)13)15-11-3/h1H,(H,12,13)(H,10,11,14). The van der Waals surface area contributed by atoms with Crippen LogP contribution in [0.4, 0.5) is 19.0 Å². The first-order valence-electron chi connectivity index (χ1n) is 3.39. The number of hydrogen-bond acceptors (Lipinski definition) is 4. The smallest absolute Gasteiger partial charge is 0.471 e. The normalized spacial score (nSPS) is 11.1. The largest absolute Gasteiger partial charge is 0.475 e. The Morgan fingerprint density at radius 2 is 2.07 bits per heavy atom. The van der Waals surface area contributed by atoms with Gasteiger partial charge in [0.15, 0.2) is 5.82 Å². The van der Waals surface area contributed by atoms with Gasteiger partial charge in [-0.3, -0.25) is 10.1 Å². The molecule has 82 valence electrons. The molecular weight excluding hydrogens is 221 g/mol. The summed E-state index contributed by atoms with van der Waals surface area (Å²) in [6.07, 6.45) is -5.07. The summed E-state index contributed by atoms with van der Waals surface area (Å²) in [4.78, 5) is 20.6. The number of carboxylic acid groups (broad SMARTS) is 1. The van der Waals surface area contributed by atoms with E-state index in [9.17, 15) is 22.8 Å². The van der Waals surface area contributed by atoms with Crippen LogP contribution < -0.4 is 5.32 Å². The van der Waals surface area contributed by atoms with Crippen LogP contribution in [0.15, 0.2) is 10.6 Å². The molecule has 0 atom stereocenters. The number of aromatic carboxylic acids is 1. The molecule has 0 saturated carbocycles. The van der Waals surface area contributed by atoms with Crippen molar-refractivity contribution < 1.29 is 32.4 Å². The molecule has 1 aromatic rings. The molecule has 0 aromatic carbocycles. The highest BCUT2D eigenvalue weighted by Gasteiger charge is 2.39. The molecule has 0 aliphatic heterocycles. The molecule has 0 aliphatic rings. The number of nitrogens with one attached hydrogen (secondary N) is 1. The SMILES string of the molecule is O=C(O)c1cc(NC(=O)C(F)(F)F)no1. The third kappa shape index (κ3) is 2.69. The molecular formula is C6H3F3N2O4. The zero-order chi connectivity index (χ0) is 11.6. The molecule has 0 bridgehead atoms. The summed E-state index contributed by atoms with van der Waals surface area (Å²) in [5.41, 5.74) is 0. The average Bonchev–Trinajstić information content (AvgIpc) is 2.50. The molecule has 0 fully saturated rings. The van der Waals surface area contributed by atoms with Crippen molar-refractivity contribution in [2.45, 2.75) is 6.18 Å². The van der Waals surface area contributed by atoms with Crippen LogP contribution in [0.5, 0.6) is 0 Å². The minimum atomic E-state index is -5.07. The number of hydrogen-bond donors (Lipinski definition) is 2. The van der Waals surface area contributed by atoms with Crippen molar-refractivity contribution in [1.82, 2.24) is 5.16 Å². The minimum absolute atomic E-state index is 0.616. The van der Waals surface area contributed by atoms with Crippen molar-refractivity contribution in [3.8, 4) is 0 Å². The lowest BCUT2D eigenvalue weighted by Crippen LogP contribution is -2.30. The van der Waals surface area contributed by atoms with Crippen molar-refractivity contribution in [3.05, 3.63) is 11.8 Å². The van der Waals surface area contributed by atoms with Gasteiger partial charge in [0.25, 0.3) is 0 Å². The lowest BCUT2D eigenvalue weighted by molar-refractivity contribution is -0.167. The molecule has 1 amide bonds. The fraction of sp³-hybridized carbons (Fsp3) is 0.167. The summed E-state index contributed by atoms with van der Waals surface area (Å²) in [7, 11) is 0. The molecule has 1 aromatic heterocycles. The number of carbonyl (C=O) groups excluding carboxylic acids is 1. The molecule has 1 heterocycles. The number of alkyl halides is 3. The molecule has 1 rings (SSSR count). The van der Waals surface area contributed by atoms with Crippen molar-refractivity contribution in [3.63, 3.8) is 0 Å². The lowest BCUT2D eigenvalue weighted by atomic mass is 10.4. The molecule has 6 nitrogen and oxygen atoms in total. The van der Waals surface area contributed by atoms with E-state index in [1.165, 1.54) is 5.32 Å². The molecule has 0 saturated heterocycles. The second-order valence-corrected chi connectivity index (χ2v) is 2.33. The van der Waals surface area contributed by atoms with E-state index >= 15 is 0 Å². The van der Waals surface area contributed by atoms with Gasteiger partial charge in [0.05, 0.1) is 0 Å². The van der Waals surface area contributed by atoms with Crippen LogP contribution in [0.2, 0.25) is 0 Å². The Hall–Kier alpha value is -2.06. The highest BCUT2D eigenvalue weighted by molar-refractivity contribution is 5.95. The van der Waals surface area contributed by atoms with Crippen molar-refractivity contribution >= 4 is 17.7 Å². The monoisotopic (exact) mass is 224 g/mol. The average molecular weight is 224 g/mol. The molecule has 9 heteroatoms. The fourth-order valence-corrected chi connectivity index (χ4v) is 0.622. The van der Waals surface area contributed by atoms with Crippen molar-refractivity contribution in [2.24, 2.45) is 0 Å². The first-order valence-corrected chi connectivity index (χ1v) is 3.39. The topological polar surface area (TPSA) is 92.4 Å². The van der Waals surface area contributed by atoms with Gasteiger partial charge >= 0.3 is 18.1 Å². The third-order valence-corrected chi connectivity index (χ3v) is 1.22. The first kappa shape index (κ1) is 11.0. The molecule has 0 unspecified atom stereocenters. The second kappa shape index (κ2) is 3.59. The maximum absolute atomic E-state index is 11.7. The minimum Gasteiger partial charge on any atom is -0.475 e. The van der Waals surface area contributed by atoms with E-state index in [-0.39, 0.29) is 0 Å². The number of amides is 1. The lowest BCUT2D eigenvalue weighted by Gasteiger charge is -2.03. The Kier molecular flexibility index (Phi) is 2.64. The van der Waals surface area contributed by atoms with Gasteiger partial charge in [0, 0.05) is 6.07 Å². The Morgan fingerprint density at radius 3 is 2.47 bits per heavy atom. The first-order chi connectivity index (χ1) is 6.80. The number of nitrogens with zero attached hydrogens (tertiary/aromatic N) is 1. The quantitative estimate of drug-likeness (QED) is 0.777. The van der Waals surface area contributed by atoms with Crippen LogP contribution in [-0.4, -0.2) is 28.3 Å². The van der Waals surface area contributed by atoms with Gasteiger partial charge in [0.1, 0.15) is 0 Å². The van der Waals surface area contributed by atoms with Crippen molar-refractivity contribution in [1.29, 1.82) is 0 Å². The number of carboxylic acids is 1. The Bertz CT molecular complexity index is 397. The van der Waals surface area contributed by atoms with Gasteiger partial charge in [0.2, 0.25) is 5.76 Å². The summed E-state index contributed by atoms with van der Waals surface area (Å²) in [6.45, 7) is 0. The highest BCUT2D eigenvalue weighted by atomic mass is 19.4. The summed E-state index contributed by atoms with van der Waals surface area (Å²) in [6, 6.07) is 0.659. The van der Waals surface area contributed by atoms with Crippen LogP contribution in [0.25, 0.3) is 0 Å². The van der Waals surface area contributed by atoms with E-state index in [1.54, 1.807) is 0 Å². The summed E-state index contributed by atoms with van der Waals surface area (Å²) >= 11 is 0. The fourth-order valence-electron chi connectivity index (χ4n) is 0.622. The Morgan fingerprint density at radius 1 is 1.47 bits per heavy atom. The van der Waals surface area contributed by atoms with Gasteiger partial charge < -0.3 is 9.63 Å². The van der Waals surface area contributed by atoms with Crippen LogP contribution in [0, 0.1) is 0 Å². The Balaban J connectivity index is 2.74. The van der Waals surface area contributed by atoms with E-state index in [0.29, 0.717) is 6.07 Å². The van der Waals surface area contributed by atoms with Gasteiger partial charge in [-0.2, -0.15) is 13.2 Å². The molecule has 15 heavy (non-hydrogen) atoms. The Labute approximate surface area is 79.7 Å². The van der Waals surface area contributed by atoms with Crippen LogP contribution in [0.3, 0.4) is 0 Å². The molecule has 0 radical (unpaired) electrons. The third-order valence-electron chi connectivity index (χ3n) is 1.22. The van der Waals surface area contributed by atoms with Gasteiger partial charge in [-0.1, -0.05) is 5.16 Å². The van der Waals surface area contributed by atoms with E-state index in [0.717, 1.165) is 0 Å². The zero-order valence-electron chi connectivity index (χ0n) is 6.83. The van der Waals surface area contributed by atoms with Gasteiger partial charge in [-0.15, -0.1) is 0 Å². The predicted octanol–water partition coefficient (Wildman–Crippen LogP) is 0.874. The number of carbonyl (C=O) groups is 2. The number of anilines is 1. The second-order valence-electron chi connectivity index (χ2n) is 2.33. The van der Waals surface area contributed by atoms with Crippen LogP contribution in [-0.2, 0) is 4.79 Å². The van der Waals surface area contributed by atoms with Gasteiger partial charge in [-0.25, -0.2) is 4.79 Å². The predicted molar refractivity (Wildman–Crippen MR) is 38.1 cm³/mol. The summed E-state index contributed by atoms with van der Waals surface area (Å²) in [5.74, 6) is -5.05.